The molecular weight excluding hydrogens is 260 g/mol. The van der Waals surface area contributed by atoms with Crippen LogP contribution in [0.25, 0.3) is 0 Å². The number of hydrogen-bond acceptors (Lipinski definition) is 4. The van der Waals surface area contributed by atoms with E-state index in [1.807, 2.05) is 23.3 Å². The van der Waals surface area contributed by atoms with Gasteiger partial charge in [-0.05, 0) is 30.7 Å². The lowest BCUT2D eigenvalue weighted by Crippen LogP contribution is -2.45. The molecule has 0 bridgehead atoms. The summed E-state index contributed by atoms with van der Waals surface area (Å²) >= 11 is 1.67. The van der Waals surface area contributed by atoms with Crippen molar-refractivity contribution in [3.8, 4) is 0 Å². The molecule has 5 heteroatoms. The predicted molar refractivity (Wildman–Crippen MR) is 77.0 cm³/mol. The monoisotopic (exact) mass is 282 g/mol. The second-order valence-electron chi connectivity index (χ2n) is 4.95. The molecule has 2 N–H and O–H groups in total. The van der Waals surface area contributed by atoms with Crippen LogP contribution in [0, 0.1) is 0 Å². The van der Waals surface area contributed by atoms with E-state index in [2.05, 4.69) is 6.07 Å². The minimum Gasteiger partial charge on any atom is -0.376 e. The maximum atomic E-state index is 12.3. The van der Waals surface area contributed by atoms with E-state index < -0.39 is 6.04 Å². The Morgan fingerprint density at radius 3 is 3.11 bits per heavy atom. The van der Waals surface area contributed by atoms with Crippen LogP contribution in [0.4, 0.5) is 0 Å². The minimum absolute atomic E-state index is 0.0337. The molecule has 2 heterocycles. The average Bonchev–Trinajstić information content (AvgIpc) is 3.09. The number of ether oxygens (including phenoxy) is 1. The number of carbonyl (C=O) groups is 1. The standard InChI is InChI=1S/C14H22N2O2S/c1-2-13(15)14(17)16(9-11-5-3-7-18-11)10-12-6-4-8-19-12/h4,6,8,11,13H,2-3,5,7,9-10,15H2,1H3/t11?,13-/m0/s1. The van der Waals surface area contributed by atoms with Gasteiger partial charge in [0.25, 0.3) is 0 Å². The molecule has 1 aliphatic heterocycles. The Morgan fingerprint density at radius 2 is 2.53 bits per heavy atom. The molecule has 0 aromatic carbocycles. The van der Waals surface area contributed by atoms with Crippen LogP contribution in [0.1, 0.15) is 31.1 Å². The van der Waals surface area contributed by atoms with Gasteiger partial charge in [0.15, 0.2) is 0 Å². The summed E-state index contributed by atoms with van der Waals surface area (Å²) in [6.45, 7) is 4.05. The van der Waals surface area contributed by atoms with Crippen LogP contribution in [0.15, 0.2) is 17.5 Å². The van der Waals surface area contributed by atoms with Crippen molar-refractivity contribution in [1.29, 1.82) is 0 Å². The van der Waals surface area contributed by atoms with E-state index in [9.17, 15) is 4.79 Å². The molecular formula is C14H22N2O2S. The van der Waals surface area contributed by atoms with Crippen LogP contribution in [0.2, 0.25) is 0 Å². The highest BCUT2D eigenvalue weighted by atomic mass is 32.1. The lowest BCUT2D eigenvalue weighted by Gasteiger charge is -2.27. The summed E-state index contributed by atoms with van der Waals surface area (Å²) in [4.78, 5) is 15.4. The molecule has 0 aliphatic carbocycles. The molecule has 1 aromatic rings. The summed E-state index contributed by atoms with van der Waals surface area (Å²) in [5, 5.41) is 2.03. The first-order valence-corrected chi connectivity index (χ1v) is 7.77. The van der Waals surface area contributed by atoms with Crippen molar-refractivity contribution in [2.24, 2.45) is 5.73 Å². The molecule has 1 aromatic heterocycles. The number of nitrogens with two attached hydrogens (primary N) is 1. The maximum Gasteiger partial charge on any atom is 0.239 e. The largest absolute Gasteiger partial charge is 0.376 e. The van der Waals surface area contributed by atoms with Crippen molar-refractivity contribution in [2.45, 2.75) is 44.9 Å². The Labute approximate surface area is 118 Å². The summed E-state index contributed by atoms with van der Waals surface area (Å²) in [6, 6.07) is 3.66. The van der Waals surface area contributed by atoms with Crippen molar-refractivity contribution in [2.75, 3.05) is 13.2 Å². The summed E-state index contributed by atoms with van der Waals surface area (Å²) in [7, 11) is 0. The molecule has 1 amide bonds. The molecule has 1 unspecified atom stereocenters. The van der Waals surface area contributed by atoms with Gasteiger partial charge in [0.2, 0.25) is 5.91 Å². The van der Waals surface area contributed by atoms with Crippen LogP contribution < -0.4 is 5.73 Å². The van der Waals surface area contributed by atoms with E-state index in [-0.39, 0.29) is 12.0 Å². The van der Waals surface area contributed by atoms with E-state index in [1.54, 1.807) is 11.3 Å². The van der Waals surface area contributed by atoms with E-state index in [4.69, 9.17) is 10.5 Å². The number of nitrogens with zero attached hydrogens (tertiary/aromatic N) is 1. The third-order valence-electron chi connectivity index (χ3n) is 3.44. The SMILES string of the molecule is CC[C@H](N)C(=O)N(Cc1cccs1)CC1CCCO1. The summed E-state index contributed by atoms with van der Waals surface area (Å²) in [6.07, 6.45) is 2.97. The van der Waals surface area contributed by atoms with Crippen LogP contribution in [-0.4, -0.2) is 36.1 Å². The number of thiophene rings is 1. The topological polar surface area (TPSA) is 55.6 Å². The highest BCUT2D eigenvalue weighted by molar-refractivity contribution is 7.09. The number of carbonyl (C=O) groups excluding carboxylic acids is 1. The van der Waals surface area contributed by atoms with Crippen molar-refractivity contribution < 1.29 is 9.53 Å². The summed E-state index contributed by atoms with van der Waals surface area (Å²) in [5.41, 5.74) is 5.89. The molecule has 1 aliphatic rings. The lowest BCUT2D eigenvalue weighted by atomic mass is 10.1. The third kappa shape index (κ3) is 4.03. The van der Waals surface area contributed by atoms with E-state index in [0.717, 1.165) is 19.4 Å². The third-order valence-corrected chi connectivity index (χ3v) is 4.30. The summed E-state index contributed by atoms with van der Waals surface area (Å²) < 4.78 is 5.63. The van der Waals surface area contributed by atoms with Crippen molar-refractivity contribution in [1.82, 2.24) is 4.90 Å². The smallest absolute Gasteiger partial charge is 0.239 e. The van der Waals surface area contributed by atoms with Gasteiger partial charge in [0.05, 0.1) is 18.7 Å². The Hall–Kier alpha value is -0.910. The van der Waals surface area contributed by atoms with Gasteiger partial charge < -0.3 is 15.4 Å². The molecule has 2 rings (SSSR count). The highest BCUT2D eigenvalue weighted by Crippen LogP contribution is 2.18. The maximum absolute atomic E-state index is 12.3. The zero-order chi connectivity index (χ0) is 13.7. The van der Waals surface area contributed by atoms with Crippen LogP contribution in [-0.2, 0) is 16.1 Å². The predicted octanol–water partition coefficient (Wildman–Crippen LogP) is 1.99. The fraction of sp³-hybridized carbons (Fsp3) is 0.643. The zero-order valence-electron chi connectivity index (χ0n) is 11.4. The van der Waals surface area contributed by atoms with Crippen LogP contribution in [0.3, 0.4) is 0 Å². The minimum atomic E-state index is -0.402. The molecule has 0 spiro atoms. The van der Waals surface area contributed by atoms with E-state index in [1.165, 1.54) is 4.88 Å². The van der Waals surface area contributed by atoms with Gasteiger partial charge in [0.1, 0.15) is 0 Å². The molecule has 2 atom stereocenters. The molecule has 0 radical (unpaired) electrons. The molecule has 4 nitrogen and oxygen atoms in total. The Morgan fingerprint density at radius 1 is 1.68 bits per heavy atom. The van der Waals surface area contributed by atoms with Gasteiger partial charge in [-0.15, -0.1) is 11.3 Å². The molecule has 0 saturated carbocycles. The number of rotatable bonds is 6. The Bertz CT molecular complexity index is 388. The molecule has 19 heavy (non-hydrogen) atoms. The number of amides is 1. The first-order valence-electron chi connectivity index (χ1n) is 6.89. The van der Waals surface area contributed by atoms with Gasteiger partial charge in [-0.1, -0.05) is 13.0 Å². The Kier molecular flexibility index (Phi) is 5.36. The van der Waals surface area contributed by atoms with Gasteiger partial charge in [-0.3, -0.25) is 4.79 Å². The zero-order valence-corrected chi connectivity index (χ0v) is 12.2. The Balaban J connectivity index is 2.00. The van der Waals surface area contributed by atoms with E-state index in [0.29, 0.717) is 19.5 Å². The number of hydrogen-bond donors (Lipinski definition) is 1. The first-order chi connectivity index (χ1) is 9.20. The van der Waals surface area contributed by atoms with Crippen LogP contribution >= 0.6 is 11.3 Å². The fourth-order valence-corrected chi connectivity index (χ4v) is 2.99. The van der Waals surface area contributed by atoms with E-state index >= 15 is 0 Å². The molecule has 1 saturated heterocycles. The van der Waals surface area contributed by atoms with Gasteiger partial charge in [0, 0.05) is 18.0 Å². The van der Waals surface area contributed by atoms with Gasteiger partial charge in [-0.2, -0.15) is 0 Å². The lowest BCUT2D eigenvalue weighted by molar-refractivity contribution is -0.134. The van der Waals surface area contributed by atoms with Crippen molar-refractivity contribution in [3.63, 3.8) is 0 Å². The highest BCUT2D eigenvalue weighted by Gasteiger charge is 2.25. The summed E-state index contributed by atoms with van der Waals surface area (Å²) in [5.74, 6) is 0.0337. The first kappa shape index (κ1) is 14.5. The second kappa shape index (κ2) is 7.03. The molecule has 1 fully saturated rings. The van der Waals surface area contributed by atoms with Gasteiger partial charge in [-0.25, -0.2) is 0 Å². The second-order valence-corrected chi connectivity index (χ2v) is 5.98. The molecule has 106 valence electrons. The van der Waals surface area contributed by atoms with Gasteiger partial charge >= 0.3 is 0 Å². The fourth-order valence-electron chi connectivity index (χ4n) is 2.27. The normalized spacial score (nSPS) is 20.4. The van der Waals surface area contributed by atoms with Crippen molar-refractivity contribution >= 4 is 17.2 Å². The van der Waals surface area contributed by atoms with Crippen molar-refractivity contribution in [3.05, 3.63) is 22.4 Å². The average molecular weight is 282 g/mol. The quantitative estimate of drug-likeness (QED) is 0.868. The van der Waals surface area contributed by atoms with Crippen LogP contribution in [0.5, 0.6) is 0 Å².